The van der Waals surface area contributed by atoms with E-state index in [2.05, 4.69) is 24.1 Å². The second kappa shape index (κ2) is 10.2. The van der Waals surface area contributed by atoms with E-state index in [1.807, 2.05) is 12.1 Å². The fourth-order valence-electron chi connectivity index (χ4n) is 5.02. The fraction of sp³-hybridized carbons (Fsp3) is 0.542. The summed E-state index contributed by atoms with van der Waals surface area (Å²) in [6.07, 6.45) is 4.87. The highest BCUT2D eigenvalue weighted by Gasteiger charge is 2.32. The molecule has 0 saturated carbocycles. The highest BCUT2D eigenvalue weighted by molar-refractivity contribution is 7.89. The average Bonchev–Trinajstić information content (AvgIpc) is 3.48. The Morgan fingerprint density at radius 1 is 1.18 bits per heavy atom. The van der Waals surface area contributed by atoms with Gasteiger partial charge in [-0.3, -0.25) is 9.69 Å². The van der Waals surface area contributed by atoms with Crippen LogP contribution in [0.1, 0.15) is 55.3 Å². The van der Waals surface area contributed by atoms with Crippen molar-refractivity contribution in [1.29, 1.82) is 0 Å². The van der Waals surface area contributed by atoms with Crippen LogP contribution < -0.4 is 5.32 Å². The maximum atomic E-state index is 13.3. The van der Waals surface area contributed by atoms with Crippen molar-refractivity contribution in [3.8, 4) is 0 Å². The van der Waals surface area contributed by atoms with Gasteiger partial charge in [0.25, 0.3) is 5.91 Å². The van der Waals surface area contributed by atoms with Crippen molar-refractivity contribution < 1.29 is 17.6 Å². The Labute approximate surface area is 201 Å². The predicted octanol–water partition coefficient (Wildman–Crippen LogP) is 4.17. The molecule has 0 radical (unpaired) electrons. The van der Waals surface area contributed by atoms with Crippen molar-refractivity contribution in [3.63, 3.8) is 0 Å². The number of hydrogen-bond acceptors (Lipinski definition) is 5. The van der Waals surface area contributed by atoms with Gasteiger partial charge in [0.1, 0.15) is 5.76 Å². The van der Waals surface area contributed by atoms with Gasteiger partial charge in [0.2, 0.25) is 10.0 Å². The number of benzene rings is 1. The Morgan fingerprint density at radius 3 is 2.52 bits per heavy atom. The first kappa shape index (κ1) is 24.3. The molecular weight excluding hydrogens is 462 g/mol. The summed E-state index contributed by atoms with van der Waals surface area (Å²) >= 11 is 6.32. The lowest BCUT2D eigenvalue weighted by molar-refractivity contribution is 0.0933. The van der Waals surface area contributed by atoms with E-state index in [1.54, 1.807) is 6.26 Å². The zero-order chi connectivity index (χ0) is 23.6. The molecule has 9 heteroatoms. The minimum Gasteiger partial charge on any atom is -0.468 e. The average molecular weight is 494 g/mol. The van der Waals surface area contributed by atoms with Gasteiger partial charge in [0, 0.05) is 19.6 Å². The van der Waals surface area contributed by atoms with Crippen molar-refractivity contribution in [2.24, 2.45) is 11.8 Å². The zero-order valence-electron chi connectivity index (χ0n) is 19.2. The van der Waals surface area contributed by atoms with Crippen LogP contribution in [0.5, 0.6) is 0 Å². The van der Waals surface area contributed by atoms with Crippen molar-refractivity contribution in [2.45, 2.75) is 44.0 Å². The molecule has 1 aromatic carbocycles. The molecule has 0 bridgehead atoms. The van der Waals surface area contributed by atoms with Crippen LogP contribution in [0, 0.1) is 11.8 Å². The maximum absolute atomic E-state index is 13.3. The Hall–Kier alpha value is -1.87. The second-order valence-corrected chi connectivity index (χ2v) is 11.7. The number of halogens is 1. The summed E-state index contributed by atoms with van der Waals surface area (Å²) in [5, 5.41) is 3.17. The van der Waals surface area contributed by atoms with Gasteiger partial charge in [-0.15, -0.1) is 0 Å². The van der Waals surface area contributed by atoms with Crippen LogP contribution in [0.15, 0.2) is 45.9 Å². The number of carbonyl (C=O) groups is 1. The molecule has 33 heavy (non-hydrogen) atoms. The molecule has 2 aliphatic rings. The second-order valence-electron chi connectivity index (χ2n) is 9.39. The molecule has 2 saturated heterocycles. The summed E-state index contributed by atoms with van der Waals surface area (Å²) in [6.45, 7) is 7.34. The molecule has 4 rings (SSSR count). The van der Waals surface area contributed by atoms with Gasteiger partial charge in [-0.2, -0.15) is 4.31 Å². The lowest BCUT2D eigenvalue weighted by Crippen LogP contribution is -2.42. The summed E-state index contributed by atoms with van der Waals surface area (Å²) in [6, 6.07) is 8.05. The monoisotopic (exact) mass is 493 g/mol. The minimum absolute atomic E-state index is 0.0755. The first-order chi connectivity index (χ1) is 15.8. The Bertz CT molecular complexity index is 1060. The van der Waals surface area contributed by atoms with Crippen LogP contribution in [0.25, 0.3) is 0 Å². The molecule has 1 amide bonds. The Balaban J connectivity index is 1.51. The van der Waals surface area contributed by atoms with E-state index in [9.17, 15) is 13.2 Å². The molecule has 3 heterocycles. The third-order valence-corrected chi connectivity index (χ3v) is 8.72. The number of likely N-dealkylation sites (tertiary alicyclic amines) is 1. The molecule has 1 N–H and O–H groups in total. The van der Waals surface area contributed by atoms with E-state index < -0.39 is 15.9 Å². The normalized spacial score (nSPS) is 23.5. The summed E-state index contributed by atoms with van der Waals surface area (Å²) in [4.78, 5) is 15.5. The number of nitrogens with zero attached hydrogens (tertiary/aromatic N) is 2. The number of sulfonamides is 1. The van der Waals surface area contributed by atoms with Crippen LogP contribution >= 0.6 is 11.6 Å². The van der Waals surface area contributed by atoms with Crippen LogP contribution in [-0.2, 0) is 10.0 Å². The molecule has 7 nitrogen and oxygen atoms in total. The van der Waals surface area contributed by atoms with E-state index >= 15 is 0 Å². The molecule has 1 aromatic heterocycles. The molecule has 0 aliphatic carbocycles. The SMILES string of the molecule is C[C@@H]1C[C@H](C)CN(S(=O)(=O)c2ccc(Cl)c(C(=O)NC[C@H](c3ccco3)N3CCCC3)c2)C1. The standard InChI is InChI=1S/C24H32ClN3O4S/c1-17-12-18(2)16-28(15-17)33(30,31)19-7-8-21(25)20(13-19)24(29)26-14-22(23-6-5-11-32-23)27-9-3-4-10-27/h5-8,11,13,17-18,22H,3-4,9-10,12,14-16H2,1-2H3,(H,26,29)/t17-,18+,22-/m1/s1. The summed E-state index contributed by atoms with van der Waals surface area (Å²) in [5.74, 6) is 0.992. The number of amides is 1. The number of piperidine rings is 1. The first-order valence-electron chi connectivity index (χ1n) is 11.6. The molecule has 0 spiro atoms. The Morgan fingerprint density at radius 2 is 1.88 bits per heavy atom. The lowest BCUT2D eigenvalue weighted by atomic mass is 9.94. The molecular formula is C24H32ClN3O4S. The van der Waals surface area contributed by atoms with Crippen LogP contribution in [0.4, 0.5) is 0 Å². The van der Waals surface area contributed by atoms with Crippen molar-refractivity contribution in [2.75, 3.05) is 32.7 Å². The minimum atomic E-state index is -3.71. The van der Waals surface area contributed by atoms with Gasteiger partial charge in [-0.1, -0.05) is 25.4 Å². The topological polar surface area (TPSA) is 82.9 Å². The number of furan rings is 1. The van der Waals surface area contributed by atoms with Gasteiger partial charge in [0.05, 0.1) is 27.8 Å². The van der Waals surface area contributed by atoms with Crippen molar-refractivity contribution in [3.05, 3.63) is 52.9 Å². The molecule has 3 atom stereocenters. The van der Waals surface area contributed by atoms with E-state index in [1.165, 1.54) is 22.5 Å². The highest BCUT2D eigenvalue weighted by Crippen LogP contribution is 2.29. The quantitative estimate of drug-likeness (QED) is 0.626. The first-order valence-corrected chi connectivity index (χ1v) is 13.4. The number of hydrogen-bond donors (Lipinski definition) is 1. The van der Waals surface area contributed by atoms with Gasteiger partial charge >= 0.3 is 0 Å². The van der Waals surface area contributed by atoms with E-state index in [4.69, 9.17) is 16.0 Å². The number of rotatable bonds is 7. The van der Waals surface area contributed by atoms with E-state index in [0.29, 0.717) is 31.5 Å². The van der Waals surface area contributed by atoms with E-state index in [0.717, 1.165) is 38.1 Å². The van der Waals surface area contributed by atoms with Gasteiger partial charge in [0.15, 0.2) is 0 Å². The summed E-state index contributed by atoms with van der Waals surface area (Å²) in [7, 11) is -3.71. The van der Waals surface area contributed by atoms with Crippen LogP contribution in [0.2, 0.25) is 5.02 Å². The summed E-state index contributed by atoms with van der Waals surface area (Å²) < 4.78 is 33.7. The zero-order valence-corrected chi connectivity index (χ0v) is 20.7. The van der Waals surface area contributed by atoms with Crippen molar-refractivity contribution >= 4 is 27.5 Å². The van der Waals surface area contributed by atoms with Gasteiger partial charge in [-0.05, 0) is 74.5 Å². The third-order valence-electron chi connectivity index (χ3n) is 6.56. The smallest absolute Gasteiger partial charge is 0.252 e. The van der Waals surface area contributed by atoms with Crippen LogP contribution in [0.3, 0.4) is 0 Å². The van der Waals surface area contributed by atoms with E-state index in [-0.39, 0.29) is 21.5 Å². The predicted molar refractivity (Wildman–Crippen MR) is 128 cm³/mol. The molecule has 2 aliphatic heterocycles. The largest absolute Gasteiger partial charge is 0.468 e. The lowest BCUT2D eigenvalue weighted by Gasteiger charge is -2.34. The van der Waals surface area contributed by atoms with Crippen molar-refractivity contribution in [1.82, 2.24) is 14.5 Å². The molecule has 0 unspecified atom stereocenters. The van der Waals surface area contributed by atoms with Gasteiger partial charge < -0.3 is 9.73 Å². The highest BCUT2D eigenvalue weighted by atomic mass is 35.5. The Kier molecular flexibility index (Phi) is 7.48. The third kappa shape index (κ3) is 5.45. The number of carbonyl (C=O) groups excluding carboxylic acids is 1. The molecule has 2 aromatic rings. The maximum Gasteiger partial charge on any atom is 0.252 e. The fourth-order valence-corrected chi connectivity index (χ4v) is 6.93. The van der Waals surface area contributed by atoms with Gasteiger partial charge in [-0.25, -0.2) is 8.42 Å². The summed E-state index contributed by atoms with van der Waals surface area (Å²) in [5.41, 5.74) is 0.162. The number of nitrogens with one attached hydrogen (secondary N) is 1. The van der Waals surface area contributed by atoms with Crippen LogP contribution in [-0.4, -0.2) is 56.3 Å². The molecule has 2 fully saturated rings. The molecule has 180 valence electrons.